The van der Waals surface area contributed by atoms with Gasteiger partial charge >= 0.3 is 0 Å². The van der Waals surface area contributed by atoms with Crippen LogP contribution in [0.2, 0.25) is 0 Å². The van der Waals surface area contributed by atoms with Gasteiger partial charge in [-0.3, -0.25) is 9.69 Å². The maximum atomic E-state index is 12.7. The first-order chi connectivity index (χ1) is 10.5. The average Bonchev–Trinajstić information content (AvgIpc) is 3.35. The molecule has 0 spiro atoms. The van der Waals surface area contributed by atoms with E-state index in [4.69, 9.17) is 17.0 Å². The standard InChI is InChI=1S/C17H20N2O2S/c1-11(10-14(21-3)9-6-12-4-5-12)17(2)15(20)19(13-7-8-13)16(22)18-17/h10,12-13H,1,4-5,7-8H2,2-3H3,(H,18,22)/b14-10-. The molecule has 0 bridgehead atoms. The second-order valence-electron chi connectivity index (χ2n) is 6.24. The Hall–Kier alpha value is -1.80. The van der Waals surface area contributed by atoms with Crippen molar-refractivity contribution in [2.75, 3.05) is 7.11 Å². The van der Waals surface area contributed by atoms with Crippen LogP contribution in [0.1, 0.15) is 32.6 Å². The molecule has 1 amide bonds. The molecule has 4 nitrogen and oxygen atoms in total. The normalized spacial score (nSPS) is 28.1. The Morgan fingerprint density at radius 1 is 1.50 bits per heavy atom. The zero-order valence-electron chi connectivity index (χ0n) is 12.9. The minimum atomic E-state index is -0.912. The molecule has 1 atom stereocenters. The van der Waals surface area contributed by atoms with E-state index in [1.165, 1.54) is 0 Å². The minimum Gasteiger partial charge on any atom is -0.489 e. The Morgan fingerprint density at radius 3 is 2.73 bits per heavy atom. The summed E-state index contributed by atoms with van der Waals surface area (Å²) < 4.78 is 5.29. The van der Waals surface area contributed by atoms with Crippen molar-refractivity contribution < 1.29 is 9.53 Å². The highest BCUT2D eigenvalue weighted by Crippen LogP contribution is 2.35. The number of hydrogen-bond donors (Lipinski definition) is 1. The van der Waals surface area contributed by atoms with Gasteiger partial charge in [-0.05, 0) is 62.4 Å². The van der Waals surface area contributed by atoms with Crippen LogP contribution in [0.15, 0.2) is 24.0 Å². The Labute approximate surface area is 136 Å². The number of nitrogens with one attached hydrogen (secondary N) is 1. The first kappa shape index (κ1) is 15.1. The molecule has 5 heteroatoms. The molecule has 1 heterocycles. The Bertz CT molecular complexity index is 635. The Kier molecular flexibility index (Phi) is 3.73. The van der Waals surface area contributed by atoms with Crippen LogP contribution in [-0.2, 0) is 9.53 Å². The summed E-state index contributed by atoms with van der Waals surface area (Å²) in [6.07, 6.45) is 6.09. The summed E-state index contributed by atoms with van der Waals surface area (Å²) in [4.78, 5) is 14.4. The van der Waals surface area contributed by atoms with Crippen molar-refractivity contribution in [1.82, 2.24) is 10.2 Å². The van der Waals surface area contributed by atoms with E-state index in [0.717, 1.165) is 25.7 Å². The fourth-order valence-corrected chi connectivity index (χ4v) is 2.83. The summed E-state index contributed by atoms with van der Waals surface area (Å²) >= 11 is 5.31. The van der Waals surface area contributed by atoms with E-state index in [2.05, 4.69) is 23.7 Å². The lowest BCUT2D eigenvalue weighted by atomic mass is 9.92. The highest BCUT2D eigenvalue weighted by atomic mass is 32.1. The van der Waals surface area contributed by atoms with Gasteiger partial charge in [-0.2, -0.15) is 0 Å². The third kappa shape index (κ3) is 2.76. The average molecular weight is 316 g/mol. The molecular weight excluding hydrogens is 296 g/mol. The van der Waals surface area contributed by atoms with E-state index < -0.39 is 5.54 Å². The zero-order chi connectivity index (χ0) is 15.9. The highest BCUT2D eigenvalue weighted by molar-refractivity contribution is 7.80. The molecule has 0 aromatic carbocycles. The molecule has 1 aliphatic heterocycles. The monoisotopic (exact) mass is 316 g/mol. The van der Waals surface area contributed by atoms with Gasteiger partial charge in [0.15, 0.2) is 10.9 Å². The summed E-state index contributed by atoms with van der Waals surface area (Å²) in [7, 11) is 1.58. The molecule has 0 aromatic rings. The molecule has 3 rings (SSSR count). The summed E-state index contributed by atoms with van der Waals surface area (Å²) in [5.41, 5.74) is -0.296. The molecule has 1 unspecified atom stereocenters. The number of methoxy groups -OCH3 is 1. The molecule has 3 fully saturated rings. The van der Waals surface area contributed by atoms with E-state index in [9.17, 15) is 4.79 Å². The third-order valence-electron chi connectivity index (χ3n) is 4.28. The number of carbonyl (C=O) groups is 1. The van der Waals surface area contributed by atoms with Crippen LogP contribution in [0.4, 0.5) is 0 Å². The van der Waals surface area contributed by atoms with Gasteiger partial charge in [0.2, 0.25) is 0 Å². The molecular formula is C17H20N2O2S. The van der Waals surface area contributed by atoms with Crippen molar-refractivity contribution in [3.63, 3.8) is 0 Å². The first-order valence-corrected chi connectivity index (χ1v) is 7.99. The van der Waals surface area contributed by atoms with Crippen LogP contribution in [0.3, 0.4) is 0 Å². The molecule has 22 heavy (non-hydrogen) atoms. The second-order valence-corrected chi connectivity index (χ2v) is 6.63. The van der Waals surface area contributed by atoms with E-state index >= 15 is 0 Å². The van der Waals surface area contributed by atoms with Crippen LogP contribution in [0.5, 0.6) is 0 Å². The molecule has 3 aliphatic rings. The predicted octanol–water partition coefficient (Wildman–Crippen LogP) is 2.12. The molecule has 116 valence electrons. The van der Waals surface area contributed by atoms with Crippen LogP contribution >= 0.6 is 12.2 Å². The minimum absolute atomic E-state index is 0.0353. The number of carbonyl (C=O) groups excluding carboxylic acids is 1. The van der Waals surface area contributed by atoms with Crippen molar-refractivity contribution in [3.8, 4) is 11.8 Å². The molecule has 1 saturated heterocycles. The van der Waals surface area contributed by atoms with Crippen LogP contribution < -0.4 is 5.32 Å². The van der Waals surface area contributed by atoms with E-state index in [0.29, 0.717) is 22.4 Å². The fraction of sp³-hybridized carbons (Fsp3) is 0.529. The van der Waals surface area contributed by atoms with Gasteiger partial charge in [0, 0.05) is 12.0 Å². The second kappa shape index (κ2) is 5.44. The third-order valence-corrected chi connectivity index (χ3v) is 4.58. The molecule has 0 radical (unpaired) electrons. The number of rotatable bonds is 4. The van der Waals surface area contributed by atoms with Gasteiger partial charge in [0.1, 0.15) is 5.54 Å². The van der Waals surface area contributed by atoms with Gasteiger partial charge in [-0.1, -0.05) is 12.5 Å². The van der Waals surface area contributed by atoms with E-state index in [1.807, 2.05) is 6.92 Å². The largest absolute Gasteiger partial charge is 0.489 e. The topological polar surface area (TPSA) is 41.6 Å². The quantitative estimate of drug-likeness (QED) is 0.373. The predicted molar refractivity (Wildman–Crippen MR) is 88.7 cm³/mol. The van der Waals surface area contributed by atoms with E-state index in [-0.39, 0.29) is 11.9 Å². The molecule has 0 aromatic heterocycles. The smallest absolute Gasteiger partial charge is 0.259 e. The zero-order valence-corrected chi connectivity index (χ0v) is 13.8. The lowest BCUT2D eigenvalue weighted by Crippen LogP contribution is -2.45. The first-order valence-electron chi connectivity index (χ1n) is 7.58. The van der Waals surface area contributed by atoms with Crippen LogP contribution in [0.25, 0.3) is 0 Å². The van der Waals surface area contributed by atoms with Gasteiger partial charge in [0.25, 0.3) is 5.91 Å². The highest BCUT2D eigenvalue weighted by Gasteiger charge is 2.51. The van der Waals surface area contributed by atoms with Gasteiger partial charge in [-0.25, -0.2) is 0 Å². The van der Waals surface area contributed by atoms with Crippen molar-refractivity contribution in [1.29, 1.82) is 0 Å². The summed E-state index contributed by atoms with van der Waals surface area (Å²) in [6, 6.07) is 0.252. The Balaban J connectivity index is 1.79. The lowest BCUT2D eigenvalue weighted by Gasteiger charge is -2.23. The molecule has 2 aliphatic carbocycles. The SMILES string of the molecule is C=C(/C=C(/C#CC1CC1)OC)C1(C)NC(=S)N(C2CC2)C1=O. The molecule has 1 N–H and O–H groups in total. The van der Waals surface area contributed by atoms with Crippen LogP contribution in [0, 0.1) is 17.8 Å². The number of thiocarbonyl (C=S) groups is 1. The summed E-state index contributed by atoms with van der Waals surface area (Å²) in [5, 5.41) is 3.61. The van der Waals surface area contributed by atoms with Crippen molar-refractivity contribution in [2.24, 2.45) is 5.92 Å². The maximum absolute atomic E-state index is 12.7. The van der Waals surface area contributed by atoms with Crippen molar-refractivity contribution >= 4 is 23.2 Å². The van der Waals surface area contributed by atoms with Crippen molar-refractivity contribution in [3.05, 3.63) is 24.0 Å². The number of nitrogens with zero attached hydrogens (tertiary/aromatic N) is 1. The Morgan fingerprint density at radius 2 is 2.18 bits per heavy atom. The molecule has 2 saturated carbocycles. The van der Waals surface area contributed by atoms with Crippen LogP contribution in [-0.4, -0.2) is 34.6 Å². The van der Waals surface area contributed by atoms with Gasteiger partial charge in [0.05, 0.1) is 7.11 Å². The van der Waals surface area contributed by atoms with Crippen molar-refractivity contribution in [2.45, 2.75) is 44.2 Å². The maximum Gasteiger partial charge on any atom is 0.259 e. The number of amides is 1. The van der Waals surface area contributed by atoms with Gasteiger partial charge in [-0.15, -0.1) is 0 Å². The van der Waals surface area contributed by atoms with Gasteiger partial charge < -0.3 is 10.1 Å². The fourth-order valence-electron chi connectivity index (χ4n) is 2.39. The summed E-state index contributed by atoms with van der Waals surface area (Å²) in [5.74, 6) is 7.15. The number of ether oxygens (including phenoxy) is 1. The lowest BCUT2D eigenvalue weighted by molar-refractivity contribution is -0.129. The summed E-state index contributed by atoms with van der Waals surface area (Å²) in [6.45, 7) is 5.85. The number of hydrogen-bond acceptors (Lipinski definition) is 3. The number of allylic oxidation sites excluding steroid dienone is 1. The van der Waals surface area contributed by atoms with E-state index in [1.54, 1.807) is 18.1 Å².